The van der Waals surface area contributed by atoms with Crippen LogP contribution in [0.5, 0.6) is 0 Å². The molecule has 3 nitrogen and oxygen atoms in total. The van der Waals surface area contributed by atoms with Gasteiger partial charge in [-0.05, 0) is 34.6 Å². The molecule has 0 amide bonds. The number of fused-ring (bicyclic) bond motifs is 1. The van der Waals surface area contributed by atoms with Gasteiger partial charge in [-0.15, -0.1) is 11.3 Å². The van der Waals surface area contributed by atoms with Gasteiger partial charge in [-0.25, -0.2) is 0 Å². The summed E-state index contributed by atoms with van der Waals surface area (Å²) >= 11 is 5.26. The number of rotatable bonds is 5. The highest BCUT2D eigenvalue weighted by atomic mass is 79.9. The lowest BCUT2D eigenvalue weighted by Gasteiger charge is -2.00. The van der Waals surface area contributed by atoms with Gasteiger partial charge < -0.3 is 5.32 Å². The van der Waals surface area contributed by atoms with Crippen LogP contribution in [0.2, 0.25) is 0 Å². The maximum atomic E-state index is 4.78. The maximum Gasteiger partial charge on any atom is 0.0841 e. The molecule has 0 bridgehead atoms. The normalized spacial score (nSPS) is 11.3. The highest BCUT2D eigenvalue weighted by molar-refractivity contribution is 9.10. The van der Waals surface area contributed by atoms with Crippen molar-refractivity contribution in [3.63, 3.8) is 0 Å². The summed E-state index contributed by atoms with van der Waals surface area (Å²) in [5.41, 5.74) is 2.32. The van der Waals surface area contributed by atoms with Crippen molar-refractivity contribution in [3.05, 3.63) is 50.8 Å². The second-order valence-electron chi connectivity index (χ2n) is 4.63. The van der Waals surface area contributed by atoms with E-state index >= 15 is 0 Å². The van der Waals surface area contributed by atoms with Crippen LogP contribution in [0.15, 0.2) is 40.2 Å². The van der Waals surface area contributed by atoms with E-state index in [1.165, 1.54) is 15.8 Å². The fourth-order valence-corrected chi connectivity index (χ4v) is 3.71. The van der Waals surface area contributed by atoms with Crippen LogP contribution in [0.4, 0.5) is 0 Å². The first-order chi connectivity index (χ1) is 9.78. The molecule has 1 aromatic carbocycles. The Hall–Kier alpha value is -1.17. The minimum Gasteiger partial charge on any atom is -0.311 e. The number of halogens is 1. The molecule has 1 N–H and O–H groups in total. The zero-order valence-electron chi connectivity index (χ0n) is 11.3. The molecular formula is C15H16BrN3S. The molecule has 0 saturated heterocycles. The van der Waals surface area contributed by atoms with Crippen molar-refractivity contribution < 1.29 is 0 Å². The van der Waals surface area contributed by atoms with Gasteiger partial charge in [0.1, 0.15) is 0 Å². The number of hydrogen-bond donors (Lipinski definition) is 1. The number of nitrogens with zero attached hydrogens (tertiary/aromatic N) is 2. The molecule has 0 unspecified atom stereocenters. The number of thiophene rings is 1. The smallest absolute Gasteiger partial charge is 0.0841 e. The summed E-state index contributed by atoms with van der Waals surface area (Å²) in [6.45, 7) is 4.71. The first-order valence-corrected chi connectivity index (χ1v) is 8.33. The van der Waals surface area contributed by atoms with E-state index in [4.69, 9.17) is 5.10 Å². The number of nitrogens with one attached hydrogen (secondary N) is 1. The van der Waals surface area contributed by atoms with Crippen molar-refractivity contribution >= 4 is 38.2 Å². The summed E-state index contributed by atoms with van der Waals surface area (Å²) in [6, 6.07) is 10.6. The molecule has 2 aromatic heterocycles. The molecule has 5 heteroatoms. The Morgan fingerprint density at radius 3 is 2.95 bits per heavy atom. The molecular weight excluding hydrogens is 334 g/mol. The van der Waals surface area contributed by atoms with Gasteiger partial charge in [0, 0.05) is 26.7 Å². The first kappa shape index (κ1) is 13.8. The van der Waals surface area contributed by atoms with Gasteiger partial charge in [0.15, 0.2) is 0 Å². The molecule has 20 heavy (non-hydrogen) atoms. The molecule has 0 spiro atoms. The van der Waals surface area contributed by atoms with Crippen LogP contribution in [0.3, 0.4) is 0 Å². The van der Waals surface area contributed by atoms with Crippen LogP contribution in [0.25, 0.3) is 10.9 Å². The summed E-state index contributed by atoms with van der Waals surface area (Å²) in [5.74, 6) is 0. The van der Waals surface area contributed by atoms with Crippen molar-refractivity contribution in [1.82, 2.24) is 15.1 Å². The quantitative estimate of drug-likeness (QED) is 0.753. The van der Waals surface area contributed by atoms with Gasteiger partial charge >= 0.3 is 0 Å². The van der Waals surface area contributed by atoms with Crippen molar-refractivity contribution in [2.45, 2.75) is 20.0 Å². The fourth-order valence-electron chi connectivity index (χ4n) is 2.28. The Morgan fingerprint density at radius 2 is 2.20 bits per heavy atom. The standard InChI is InChI=1S/C15H16BrN3S/c1-2-17-8-14-13-5-3-4-6-15(13)19(18-14)9-12-7-11(16)10-20-12/h3-7,10,17H,2,8-9H2,1H3. The molecule has 0 aliphatic carbocycles. The third kappa shape index (κ3) is 2.80. The molecule has 0 atom stereocenters. The number of para-hydroxylation sites is 1. The molecule has 0 fully saturated rings. The first-order valence-electron chi connectivity index (χ1n) is 6.66. The lowest BCUT2D eigenvalue weighted by atomic mass is 10.2. The Bertz CT molecular complexity index is 717. The highest BCUT2D eigenvalue weighted by Crippen LogP contribution is 2.23. The SMILES string of the molecule is CCNCc1nn(Cc2cc(Br)cs2)c2ccccc12. The predicted molar refractivity (Wildman–Crippen MR) is 88.2 cm³/mol. The minimum absolute atomic E-state index is 0.818. The summed E-state index contributed by atoms with van der Waals surface area (Å²) < 4.78 is 3.24. The topological polar surface area (TPSA) is 29.9 Å². The Labute approximate surface area is 130 Å². The minimum atomic E-state index is 0.818. The average molecular weight is 350 g/mol. The molecule has 0 aliphatic heterocycles. The van der Waals surface area contributed by atoms with Crippen molar-refractivity contribution in [2.75, 3.05) is 6.54 Å². The summed E-state index contributed by atoms with van der Waals surface area (Å²) in [5, 5.41) is 11.5. The zero-order valence-corrected chi connectivity index (χ0v) is 13.7. The van der Waals surface area contributed by atoms with E-state index < -0.39 is 0 Å². The summed E-state index contributed by atoms with van der Waals surface area (Å²) in [4.78, 5) is 1.31. The van der Waals surface area contributed by atoms with E-state index in [-0.39, 0.29) is 0 Å². The molecule has 2 heterocycles. The molecule has 104 valence electrons. The van der Waals surface area contributed by atoms with E-state index in [0.717, 1.165) is 29.8 Å². The molecule has 3 rings (SSSR count). The lowest BCUT2D eigenvalue weighted by molar-refractivity contribution is 0.661. The number of benzene rings is 1. The lowest BCUT2D eigenvalue weighted by Crippen LogP contribution is -2.12. The van der Waals surface area contributed by atoms with Crippen LogP contribution in [-0.2, 0) is 13.1 Å². The monoisotopic (exact) mass is 349 g/mol. The van der Waals surface area contributed by atoms with Crippen LogP contribution in [0.1, 0.15) is 17.5 Å². The zero-order chi connectivity index (χ0) is 13.9. The van der Waals surface area contributed by atoms with Crippen molar-refractivity contribution in [1.29, 1.82) is 0 Å². The van der Waals surface area contributed by atoms with E-state index in [2.05, 4.69) is 68.6 Å². The second-order valence-corrected chi connectivity index (χ2v) is 6.54. The van der Waals surface area contributed by atoms with E-state index in [1.54, 1.807) is 11.3 Å². The largest absolute Gasteiger partial charge is 0.311 e. The highest BCUT2D eigenvalue weighted by Gasteiger charge is 2.10. The molecule has 0 aliphatic rings. The number of aromatic nitrogens is 2. The van der Waals surface area contributed by atoms with Gasteiger partial charge in [0.25, 0.3) is 0 Å². The molecule has 3 aromatic rings. The van der Waals surface area contributed by atoms with Gasteiger partial charge in [-0.2, -0.15) is 5.10 Å². The predicted octanol–water partition coefficient (Wildman–Crippen LogP) is 4.02. The molecule has 0 radical (unpaired) electrons. The summed E-state index contributed by atoms with van der Waals surface area (Å²) in [7, 11) is 0. The van der Waals surface area contributed by atoms with Crippen molar-refractivity contribution in [2.24, 2.45) is 0 Å². The second kappa shape index (κ2) is 6.08. The average Bonchev–Trinajstić information content (AvgIpc) is 3.02. The van der Waals surface area contributed by atoms with E-state index in [9.17, 15) is 0 Å². The Morgan fingerprint density at radius 1 is 1.35 bits per heavy atom. The van der Waals surface area contributed by atoms with Crippen LogP contribution in [-0.4, -0.2) is 16.3 Å². The number of hydrogen-bond acceptors (Lipinski definition) is 3. The van der Waals surface area contributed by atoms with E-state index in [0.29, 0.717) is 0 Å². The third-order valence-corrected chi connectivity index (χ3v) is 4.89. The van der Waals surface area contributed by atoms with Gasteiger partial charge in [0.2, 0.25) is 0 Å². The van der Waals surface area contributed by atoms with E-state index in [1.807, 2.05) is 0 Å². The fraction of sp³-hybridized carbons (Fsp3) is 0.267. The third-order valence-electron chi connectivity index (χ3n) is 3.20. The van der Waals surface area contributed by atoms with Crippen molar-refractivity contribution in [3.8, 4) is 0 Å². The van der Waals surface area contributed by atoms with Gasteiger partial charge in [-0.3, -0.25) is 4.68 Å². The van der Waals surface area contributed by atoms with Gasteiger partial charge in [0.05, 0.1) is 17.8 Å². The van der Waals surface area contributed by atoms with Crippen LogP contribution >= 0.6 is 27.3 Å². The summed E-state index contributed by atoms with van der Waals surface area (Å²) in [6.07, 6.45) is 0. The van der Waals surface area contributed by atoms with Crippen LogP contribution in [0, 0.1) is 0 Å². The van der Waals surface area contributed by atoms with Crippen LogP contribution < -0.4 is 5.32 Å². The molecule has 0 saturated carbocycles. The Kier molecular flexibility index (Phi) is 4.19. The van der Waals surface area contributed by atoms with Gasteiger partial charge in [-0.1, -0.05) is 25.1 Å². The Balaban J connectivity index is 1.97. The maximum absolute atomic E-state index is 4.78.